The molecule has 1 aliphatic rings. The van der Waals surface area contributed by atoms with Crippen LogP contribution in [0.1, 0.15) is 0 Å². The molecule has 0 aromatic carbocycles. The summed E-state index contributed by atoms with van der Waals surface area (Å²) in [6.45, 7) is 0. The van der Waals surface area contributed by atoms with Gasteiger partial charge in [0.15, 0.2) is 0 Å². The van der Waals surface area contributed by atoms with Gasteiger partial charge in [-0.1, -0.05) is 0 Å². The van der Waals surface area contributed by atoms with Crippen molar-refractivity contribution in [2.75, 3.05) is 0 Å². The predicted octanol–water partition coefficient (Wildman–Crippen LogP) is 1.85. The van der Waals surface area contributed by atoms with Gasteiger partial charge in [-0.25, -0.2) is 0 Å². The summed E-state index contributed by atoms with van der Waals surface area (Å²) in [4.78, 5) is 0. The van der Waals surface area contributed by atoms with Gasteiger partial charge in [0, 0.05) is 0 Å². The van der Waals surface area contributed by atoms with E-state index in [9.17, 15) is 0 Å². The topological polar surface area (TPSA) is 49.4 Å². The lowest BCUT2D eigenvalue weighted by molar-refractivity contribution is 1.13. The van der Waals surface area contributed by atoms with Crippen LogP contribution in [0.15, 0.2) is 45.3 Å². The fourth-order valence-corrected chi connectivity index (χ4v) is 0.273. The van der Waals surface area contributed by atoms with E-state index in [4.69, 9.17) is 0 Å². The van der Waals surface area contributed by atoms with E-state index in [-0.39, 0.29) is 0 Å². The summed E-state index contributed by atoms with van der Waals surface area (Å²) >= 11 is 0. The van der Waals surface area contributed by atoms with Crippen molar-refractivity contribution in [1.29, 1.82) is 0 Å². The van der Waals surface area contributed by atoms with Gasteiger partial charge in [-0.3, -0.25) is 0 Å². The highest BCUT2D eigenvalue weighted by Gasteiger charge is 1.67. The number of azo groups is 2. The van der Waals surface area contributed by atoms with Gasteiger partial charge in [-0.15, -0.1) is 0 Å². The Balaban J connectivity index is 2.67. The van der Waals surface area contributed by atoms with Gasteiger partial charge in [0.1, 0.15) is 0 Å². The zero-order valence-electron chi connectivity index (χ0n) is 4.10. The van der Waals surface area contributed by atoms with Gasteiger partial charge in [0.05, 0.1) is 24.8 Å². The third-order valence-electron chi connectivity index (χ3n) is 0.533. The summed E-state index contributed by atoms with van der Waals surface area (Å²) < 4.78 is 0. The van der Waals surface area contributed by atoms with Crippen molar-refractivity contribution in [2.24, 2.45) is 20.5 Å². The highest BCUT2D eigenvalue weighted by Crippen LogP contribution is 1.88. The number of nitrogens with zero attached hydrogens (tertiary/aromatic N) is 4. The van der Waals surface area contributed by atoms with Crippen LogP contribution in [0.3, 0.4) is 0 Å². The van der Waals surface area contributed by atoms with Crippen LogP contribution in [0.5, 0.6) is 0 Å². The summed E-state index contributed by atoms with van der Waals surface area (Å²) in [7, 11) is 0. The largest absolute Gasteiger partial charge is 0.157 e. The van der Waals surface area contributed by atoms with E-state index in [0.29, 0.717) is 0 Å². The summed E-state index contributed by atoms with van der Waals surface area (Å²) in [5, 5.41) is 14.1. The van der Waals surface area contributed by atoms with Gasteiger partial charge in [-0.05, 0) is 0 Å². The Morgan fingerprint density at radius 1 is 0.500 bits per heavy atom. The second-order valence-corrected chi connectivity index (χ2v) is 1.06. The lowest BCUT2D eigenvalue weighted by Crippen LogP contribution is -1.54. The molecule has 0 unspecified atom stereocenters. The smallest absolute Gasteiger partial charge is 0.0697 e. The lowest BCUT2D eigenvalue weighted by Gasteiger charge is -1.76. The molecule has 1 rings (SSSR count). The zero-order chi connectivity index (χ0) is 5.66. The molecule has 0 N–H and O–H groups in total. The molecule has 4 nitrogen and oxygen atoms in total. The number of rotatable bonds is 0. The maximum absolute atomic E-state index is 3.53. The van der Waals surface area contributed by atoms with Gasteiger partial charge in [-0.2, -0.15) is 20.5 Å². The molecule has 0 radical (unpaired) electrons. The Morgan fingerprint density at radius 3 is 1.00 bits per heavy atom. The third kappa shape index (κ3) is 1.42. The highest BCUT2D eigenvalue weighted by molar-refractivity contribution is 4.82. The Hall–Kier alpha value is -1.32. The van der Waals surface area contributed by atoms with Crippen molar-refractivity contribution in [1.82, 2.24) is 0 Å². The predicted molar refractivity (Wildman–Crippen MR) is 28.0 cm³/mol. The van der Waals surface area contributed by atoms with Crippen molar-refractivity contribution in [2.45, 2.75) is 0 Å². The maximum Gasteiger partial charge on any atom is 0.0697 e. The van der Waals surface area contributed by atoms with E-state index < -0.39 is 0 Å². The molecule has 0 saturated carbocycles. The Bertz CT molecular complexity index is 109. The SMILES string of the molecule is C1=CN=NC=CN=N1. The van der Waals surface area contributed by atoms with Crippen molar-refractivity contribution >= 4 is 0 Å². The molecule has 0 bridgehead atoms. The minimum atomic E-state index is 1.47. The van der Waals surface area contributed by atoms with Crippen LogP contribution >= 0.6 is 0 Å². The average molecular weight is 108 g/mol. The van der Waals surface area contributed by atoms with Crippen LogP contribution in [0, 0.1) is 0 Å². The third-order valence-corrected chi connectivity index (χ3v) is 0.533. The van der Waals surface area contributed by atoms with E-state index >= 15 is 0 Å². The van der Waals surface area contributed by atoms with Crippen molar-refractivity contribution < 1.29 is 0 Å². The zero-order valence-corrected chi connectivity index (χ0v) is 4.10. The van der Waals surface area contributed by atoms with E-state index in [1.807, 2.05) is 0 Å². The number of hydrogen-bond acceptors (Lipinski definition) is 4. The molecule has 0 atom stereocenters. The van der Waals surface area contributed by atoms with E-state index in [0.717, 1.165) is 0 Å². The first-order valence-electron chi connectivity index (χ1n) is 2.10. The molecular weight excluding hydrogens is 104 g/mol. The Kier molecular flexibility index (Phi) is 1.68. The molecule has 0 aliphatic carbocycles. The molecule has 1 aliphatic heterocycles. The van der Waals surface area contributed by atoms with Crippen molar-refractivity contribution in [3.05, 3.63) is 24.8 Å². The molecule has 0 amide bonds. The molecule has 0 spiro atoms. The van der Waals surface area contributed by atoms with Crippen LogP contribution in [0.25, 0.3) is 0 Å². The fourth-order valence-electron chi connectivity index (χ4n) is 0.273. The average Bonchev–Trinajstić information content (AvgIpc) is 1.62. The maximum atomic E-state index is 3.53. The molecule has 0 fully saturated rings. The molecule has 4 heteroatoms. The standard InChI is InChI=1S/C4H4N4/c1-2-6-8-4-3-7-5-1/h1-4H. The van der Waals surface area contributed by atoms with Crippen molar-refractivity contribution in [3.63, 3.8) is 0 Å². The molecule has 0 aromatic rings. The molecule has 1 heterocycles. The minimum absolute atomic E-state index is 1.47. The first-order chi connectivity index (χ1) is 4.00. The minimum Gasteiger partial charge on any atom is -0.157 e. The molecule has 0 aromatic heterocycles. The molecule has 0 saturated heterocycles. The first-order valence-corrected chi connectivity index (χ1v) is 2.10. The Labute approximate surface area is 46.3 Å². The monoisotopic (exact) mass is 108 g/mol. The van der Waals surface area contributed by atoms with Crippen LogP contribution < -0.4 is 0 Å². The van der Waals surface area contributed by atoms with E-state index in [1.165, 1.54) is 24.8 Å². The Morgan fingerprint density at radius 2 is 0.750 bits per heavy atom. The highest BCUT2D eigenvalue weighted by atomic mass is 15.1. The summed E-state index contributed by atoms with van der Waals surface area (Å²) in [6, 6.07) is 0. The van der Waals surface area contributed by atoms with Crippen LogP contribution in [-0.2, 0) is 0 Å². The van der Waals surface area contributed by atoms with Crippen LogP contribution in [-0.4, -0.2) is 0 Å². The molecular formula is C4H4N4. The van der Waals surface area contributed by atoms with E-state index in [2.05, 4.69) is 20.5 Å². The van der Waals surface area contributed by atoms with Crippen molar-refractivity contribution in [3.8, 4) is 0 Å². The van der Waals surface area contributed by atoms with Gasteiger partial charge >= 0.3 is 0 Å². The van der Waals surface area contributed by atoms with Gasteiger partial charge in [0.2, 0.25) is 0 Å². The first kappa shape index (κ1) is 4.83. The quantitative estimate of drug-likeness (QED) is 0.454. The normalized spacial score (nSPS) is 16.0. The summed E-state index contributed by atoms with van der Waals surface area (Å²) in [5.74, 6) is 0. The second-order valence-electron chi connectivity index (χ2n) is 1.06. The second kappa shape index (κ2) is 2.79. The number of hydrogen-bond donors (Lipinski definition) is 0. The van der Waals surface area contributed by atoms with Crippen LogP contribution in [0.2, 0.25) is 0 Å². The molecule has 8 heavy (non-hydrogen) atoms. The fraction of sp³-hybridized carbons (Fsp3) is 0. The molecule has 40 valence electrons. The summed E-state index contributed by atoms with van der Waals surface area (Å²) in [6.07, 6.45) is 5.86. The lowest BCUT2D eigenvalue weighted by atomic mass is 10.9. The van der Waals surface area contributed by atoms with E-state index in [1.54, 1.807) is 0 Å². The van der Waals surface area contributed by atoms with Crippen LogP contribution in [0.4, 0.5) is 0 Å². The summed E-state index contributed by atoms with van der Waals surface area (Å²) in [5.41, 5.74) is 0. The van der Waals surface area contributed by atoms with Gasteiger partial charge in [0.25, 0.3) is 0 Å². The van der Waals surface area contributed by atoms with Gasteiger partial charge < -0.3 is 0 Å².